The predicted octanol–water partition coefficient (Wildman–Crippen LogP) is 4.46. The normalized spacial score (nSPS) is 16.3. The number of ether oxygens (including phenoxy) is 3. The lowest BCUT2D eigenvalue weighted by Crippen LogP contribution is -2.31. The molecule has 0 aromatic heterocycles. The molecule has 1 heterocycles. The van der Waals surface area contributed by atoms with Crippen LogP contribution in [0.4, 0.5) is 0 Å². The molecule has 1 aliphatic heterocycles. The van der Waals surface area contributed by atoms with E-state index in [-0.39, 0.29) is 6.04 Å². The molecule has 3 rings (SSSR count). The Morgan fingerprint density at radius 2 is 1.81 bits per heavy atom. The van der Waals surface area contributed by atoms with Gasteiger partial charge < -0.3 is 19.5 Å². The Labute approximate surface area is 156 Å². The Hall–Kier alpha value is -2.20. The van der Waals surface area contributed by atoms with E-state index in [2.05, 4.69) is 43.4 Å². The highest BCUT2D eigenvalue weighted by molar-refractivity contribution is 5.55. The molecule has 0 aliphatic carbocycles. The molecule has 4 nitrogen and oxygen atoms in total. The summed E-state index contributed by atoms with van der Waals surface area (Å²) in [5, 5.41) is 3.66. The van der Waals surface area contributed by atoms with Crippen molar-refractivity contribution in [2.75, 3.05) is 27.4 Å². The zero-order chi connectivity index (χ0) is 18.7. The van der Waals surface area contributed by atoms with Crippen LogP contribution in [-0.4, -0.2) is 27.4 Å². The van der Waals surface area contributed by atoms with Gasteiger partial charge in [0, 0.05) is 12.1 Å². The molecule has 0 amide bonds. The van der Waals surface area contributed by atoms with Gasteiger partial charge in [0.1, 0.15) is 5.75 Å². The molecule has 0 fully saturated rings. The van der Waals surface area contributed by atoms with E-state index in [1.807, 2.05) is 13.0 Å². The second-order valence-corrected chi connectivity index (χ2v) is 6.89. The molecule has 1 atom stereocenters. The fourth-order valence-electron chi connectivity index (χ4n) is 3.75. The fourth-order valence-corrected chi connectivity index (χ4v) is 3.75. The average Bonchev–Trinajstić information content (AvgIpc) is 2.67. The Morgan fingerprint density at radius 3 is 2.46 bits per heavy atom. The molecule has 0 radical (unpaired) electrons. The third-order valence-corrected chi connectivity index (χ3v) is 5.01. The third-order valence-electron chi connectivity index (χ3n) is 5.01. The van der Waals surface area contributed by atoms with E-state index < -0.39 is 0 Å². The maximum Gasteiger partial charge on any atom is 0.164 e. The Balaban J connectivity index is 2.08. The van der Waals surface area contributed by atoms with Crippen molar-refractivity contribution in [2.45, 2.75) is 39.2 Å². The van der Waals surface area contributed by atoms with Crippen LogP contribution >= 0.6 is 0 Å². The van der Waals surface area contributed by atoms with Gasteiger partial charge in [-0.05, 0) is 54.2 Å². The summed E-state index contributed by atoms with van der Waals surface area (Å²) < 4.78 is 17.0. The van der Waals surface area contributed by atoms with E-state index in [0.717, 1.165) is 30.2 Å². The van der Waals surface area contributed by atoms with Gasteiger partial charge in [0.2, 0.25) is 0 Å². The van der Waals surface area contributed by atoms with Gasteiger partial charge in [0.15, 0.2) is 11.5 Å². The molecule has 2 aromatic rings. The van der Waals surface area contributed by atoms with Crippen LogP contribution in [0.25, 0.3) is 0 Å². The van der Waals surface area contributed by atoms with E-state index in [9.17, 15) is 0 Å². The topological polar surface area (TPSA) is 39.7 Å². The van der Waals surface area contributed by atoms with Crippen LogP contribution in [0, 0.1) is 0 Å². The second-order valence-electron chi connectivity index (χ2n) is 6.89. The lowest BCUT2D eigenvalue weighted by molar-refractivity contribution is 0.305. The van der Waals surface area contributed by atoms with Gasteiger partial charge in [-0.3, -0.25) is 0 Å². The zero-order valence-corrected chi connectivity index (χ0v) is 16.4. The van der Waals surface area contributed by atoms with Crippen molar-refractivity contribution in [1.29, 1.82) is 0 Å². The van der Waals surface area contributed by atoms with E-state index in [0.29, 0.717) is 12.5 Å². The lowest BCUT2D eigenvalue weighted by Gasteiger charge is -2.30. The van der Waals surface area contributed by atoms with E-state index in [4.69, 9.17) is 14.2 Å². The number of hydrogen-bond acceptors (Lipinski definition) is 4. The molecule has 1 aliphatic rings. The largest absolute Gasteiger partial charge is 0.496 e. The number of rotatable bonds is 6. The smallest absolute Gasteiger partial charge is 0.164 e. The third kappa shape index (κ3) is 3.38. The SMILES string of the molecule is CCOc1c(OC)ccc2c1CCNC2c1ccc(OC)c(C(C)C)c1. The van der Waals surface area contributed by atoms with Crippen LogP contribution in [0.1, 0.15) is 55.0 Å². The number of fused-ring (bicyclic) bond motifs is 1. The number of nitrogens with one attached hydrogen (secondary N) is 1. The van der Waals surface area contributed by atoms with Crippen LogP contribution in [0.15, 0.2) is 30.3 Å². The van der Waals surface area contributed by atoms with Crippen LogP contribution in [0.5, 0.6) is 17.2 Å². The van der Waals surface area contributed by atoms with Crippen molar-refractivity contribution in [3.63, 3.8) is 0 Å². The highest BCUT2D eigenvalue weighted by Crippen LogP contribution is 2.41. The predicted molar refractivity (Wildman–Crippen MR) is 105 cm³/mol. The average molecular weight is 355 g/mol. The summed E-state index contributed by atoms with van der Waals surface area (Å²) in [6.45, 7) is 7.94. The molecular formula is C22H29NO3. The van der Waals surface area contributed by atoms with Crippen LogP contribution < -0.4 is 19.5 Å². The van der Waals surface area contributed by atoms with E-state index >= 15 is 0 Å². The van der Waals surface area contributed by atoms with Gasteiger partial charge >= 0.3 is 0 Å². The number of benzene rings is 2. The first kappa shape index (κ1) is 18.6. The van der Waals surface area contributed by atoms with Gasteiger partial charge in [0.25, 0.3) is 0 Å². The lowest BCUT2D eigenvalue weighted by atomic mass is 9.87. The van der Waals surface area contributed by atoms with Gasteiger partial charge in [0.05, 0.1) is 26.9 Å². The van der Waals surface area contributed by atoms with Crippen molar-refractivity contribution < 1.29 is 14.2 Å². The minimum absolute atomic E-state index is 0.146. The fraction of sp³-hybridized carbons (Fsp3) is 0.455. The van der Waals surface area contributed by atoms with Crippen molar-refractivity contribution in [3.05, 3.63) is 52.6 Å². The molecule has 1 N–H and O–H groups in total. The summed E-state index contributed by atoms with van der Waals surface area (Å²) in [6, 6.07) is 10.8. The first-order valence-corrected chi connectivity index (χ1v) is 9.34. The minimum atomic E-state index is 0.146. The molecule has 0 spiro atoms. The van der Waals surface area contributed by atoms with Gasteiger partial charge in [-0.25, -0.2) is 0 Å². The van der Waals surface area contributed by atoms with Gasteiger partial charge in [-0.15, -0.1) is 0 Å². The molecule has 0 saturated carbocycles. The van der Waals surface area contributed by atoms with E-state index in [1.54, 1.807) is 14.2 Å². The highest BCUT2D eigenvalue weighted by atomic mass is 16.5. The van der Waals surface area contributed by atoms with Crippen molar-refractivity contribution in [1.82, 2.24) is 5.32 Å². The molecular weight excluding hydrogens is 326 g/mol. The van der Waals surface area contributed by atoms with Crippen molar-refractivity contribution >= 4 is 0 Å². The first-order chi connectivity index (χ1) is 12.6. The van der Waals surface area contributed by atoms with Gasteiger partial charge in [-0.1, -0.05) is 26.0 Å². The van der Waals surface area contributed by atoms with Gasteiger partial charge in [-0.2, -0.15) is 0 Å². The monoisotopic (exact) mass is 355 g/mol. The first-order valence-electron chi connectivity index (χ1n) is 9.34. The quantitative estimate of drug-likeness (QED) is 0.830. The summed E-state index contributed by atoms with van der Waals surface area (Å²) in [7, 11) is 3.43. The maximum atomic E-state index is 5.94. The van der Waals surface area contributed by atoms with Crippen LogP contribution in [0.2, 0.25) is 0 Å². The summed E-state index contributed by atoms with van der Waals surface area (Å²) in [5.74, 6) is 3.05. The number of hydrogen-bond donors (Lipinski definition) is 1. The molecule has 0 saturated heterocycles. The van der Waals surface area contributed by atoms with Crippen molar-refractivity contribution in [3.8, 4) is 17.2 Å². The Bertz CT molecular complexity index is 770. The summed E-state index contributed by atoms with van der Waals surface area (Å²) >= 11 is 0. The minimum Gasteiger partial charge on any atom is -0.496 e. The molecule has 2 aromatic carbocycles. The molecule has 0 bridgehead atoms. The molecule has 26 heavy (non-hydrogen) atoms. The molecule has 4 heteroatoms. The molecule has 1 unspecified atom stereocenters. The maximum absolute atomic E-state index is 5.94. The zero-order valence-electron chi connectivity index (χ0n) is 16.4. The number of methoxy groups -OCH3 is 2. The van der Waals surface area contributed by atoms with E-state index in [1.165, 1.54) is 22.3 Å². The van der Waals surface area contributed by atoms with Crippen LogP contribution in [0.3, 0.4) is 0 Å². The summed E-state index contributed by atoms with van der Waals surface area (Å²) in [5.41, 5.74) is 5.00. The Kier molecular flexibility index (Phi) is 5.72. The standard InChI is InChI=1S/C22H29NO3/c1-6-26-22-17-11-12-23-21(16(17)8-10-20(22)25-5)15-7-9-19(24-4)18(13-15)14(2)3/h7-10,13-14,21,23H,6,11-12H2,1-5H3. The van der Waals surface area contributed by atoms with Crippen LogP contribution in [-0.2, 0) is 6.42 Å². The molecule has 140 valence electrons. The second kappa shape index (κ2) is 8.00. The summed E-state index contributed by atoms with van der Waals surface area (Å²) in [4.78, 5) is 0. The summed E-state index contributed by atoms with van der Waals surface area (Å²) in [6.07, 6.45) is 0.936. The highest BCUT2D eigenvalue weighted by Gasteiger charge is 2.26. The van der Waals surface area contributed by atoms with Crippen molar-refractivity contribution in [2.24, 2.45) is 0 Å². The Morgan fingerprint density at radius 1 is 1.08 bits per heavy atom.